The second-order valence-corrected chi connectivity index (χ2v) is 11.4. The molecule has 0 amide bonds. The molecule has 2 heterocycles. The first-order valence-electron chi connectivity index (χ1n) is 14.0. The highest BCUT2D eigenvalue weighted by Crippen LogP contribution is 2.43. The molecule has 42 heavy (non-hydrogen) atoms. The molecule has 4 aromatic carbocycles. The van der Waals surface area contributed by atoms with Crippen LogP contribution in [0.15, 0.2) is 108 Å². The molecule has 1 saturated heterocycles. The fraction of sp³-hybridized carbons (Fsp3) is 0.242. The zero-order chi connectivity index (χ0) is 28.9. The van der Waals surface area contributed by atoms with Crippen LogP contribution in [0.2, 0.25) is 0 Å². The molecule has 5 aromatic rings. The number of rotatable bonds is 9. The van der Waals surface area contributed by atoms with E-state index in [9.17, 15) is 5.11 Å². The van der Waals surface area contributed by atoms with Crippen molar-refractivity contribution >= 4 is 11.8 Å². The Bertz CT molecular complexity index is 1610. The van der Waals surface area contributed by atoms with Gasteiger partial charge in [0.2, 0.25) is 5.16 Å². The molecule has 0 aliphatic carbocycles. The van der Waals surface area contributed by atoms with Crippen LogP contribution < -0.4 is 5.73 Å². The summed E-state index contributed by atoms with van der Waals surface area (Å²) in [5.74, 6) is 0.678. The molecule has 4 unspecified atom stereocenters. The van der Waals surface area contributed by atoms with E-state index in [0.717, 1.165) is 39.1 Å². The SMILES string of the molecule is CC1C(CSc2nnnn2-c2ccccc2)OC(c2cccc(-c3cccc(CN)c3)c2)OC1c1ccc(CO)cc1. The topological polar surface area (TPSA) is 108 Å². The predicted molar refractivity (Wildman–Crippen MR) is 163 cm³/mol. The van der Waals surface area contributed by atoms with E-state index in [1.54, 1.807) is 16.4 Å². The van der Waals surface area contributed by atoms with Gasteiger partial charge < -0.3 is 20.3 Å². The highest BCUT2D eigenvalue weighted by atomic mass is 32.2. The van der Waals surface area contributed by atoms with Gasteiger partial charge in [0.1, 0.15) is 0 Å². The van der Waals surface area contributed by atoms with Crippen molar-refractivity contribution in [2.24, 2.45) is 11.7 Å². The van der Waals surface area contributed by atoms with Crippen molar-refractivity contribution < 1.29 is 14.6 Å². The van der Waals surface area contributed by atoms with E-state index in [-0.39, 0.29) is 24.7 Å². The fourth-order valence-corrected chi connectivity index (χ4v) is 6.26. The number of aromatic nitrogens is 4. The number of ether oxygens (including phenoxy) is 2. The molecular weight excluding hydrogens is 546 g/mol. The largest absolute Gasteiger partial charge is 0.392 e. The summed E-state index contributed by atoms with van der Waals surface area (Å²) in [6.07, 6.45) is -0.935. The third kappa shape index (κ3) is 6.16. The Morgan fingerprint density at radius 3 is 2.36 bits per heavy atom. The number of hydrogen-bond acceptors (Lipinski definition) is 8. The Morgan fingerprint density at radius 1 is 0.833 bits per heavy atom. The summed E-state index contributed by atoms with van der Waals surface area (Å²) in [7, 11) is 0. The minimum atomic E-state index is -0.572. The Morgan fingerprint density at radius 2 is 1.60 bits per heavy atom. The molecular formula is C33H33N5O3S. The number of nitrogens with two attached hydrogens (primary N) is 1. The maximum absolute atomic E-state index is 9.56. The summed E-state index contributed by atoms with van der Waals surface area (Å²) < 4.78 is 15.1. The van der Waals surface area contributed by atoms with Crippen molar-refractivity contribution in [2.75, 3.05) is 5.75 Å². The van der Waals surface area contributed by atoms with E-state index in [2.05, 4.69) is 46.7 Å². The van der Waals surface area contributed by atoms with Gasteiger partial charge in [0.05, 0.1) is 24.5 Å². The summed E-state index contributed by atoms with van der Waals surface area (Å²) in [5, 5.41) is 22.7. The lowest BCUT2D eigenvalue weighted by molar-refractivity contribution is -0.268. The van der Waals surface area contributed by atoms with Crippen LogP contribution in [0.4, 0.5) is 0 Å². The Labute approximate surface area is 249 Å². The van der Waals surface area contributed by atoms with Crippen LogP contribution in [0.25, 0.3) is 16.8 Å². The molecule has 4 atom stereocenters. The van der Waals surface area contributed by atoms with Crippen molar-refractivity contribution in [3.05, 3.63) is 125 Å². The molecule has 8 nitrogen and oxygen atoms in total. The number of nitrogens with zero attached hydrogens (tertiary/aromatic N) is 4. The van der Waals surface area contributed by atoms with Gasteiger partial charge in [0.25, 0.3) is 0 Å². The normalized spacial score (nSPS) is 20.5. The molecule has 0 radical (unpaired) electrons. The van der Waals surface area contributed by atoms with E-state index in [4.69, 9.17) is 15.2 Å². The summed E-state index contributed by atoms with van der Waals surface area (Å²) in [5.41, 5.74) is 12.9. The smallest absolute Gasteiger partial charge is 0.214 e. The number of benzene rings is 4. The second-order valence-electron chi connectivity index (χ2n) is 10.4. The van der Waals surface area contributed by atoms with Gasteiger partial charge in [0, 0.05) is 23.8 Å². The lowest BCUT2D eigenvalue weighted by Crippen LogP contribution is -2.38. The third-order valence-corrected chi connectivity index (χ3v) is 8.60. The van der Waals surface area contributed by atoms with Crippen LogP contribution in [-0.2, 0) is 22.6 Å². The second kappa shape index (κ2) is 13.0. The average Bonchev–Trinajstić information content (AvgIpc) is 3.53. The van der Waals surface area contributed by atoms with Gasteiger partial charge in [-0.2, -0.15) is 4.68 Å². The molecule has 1 aromatic heterocycles. The van der Waals surface area contributed by atoms with E-state index in [0.29, 0.717) is 17.5 Å². The van der Waals surface area contributed by atoms with Gasteiger partial charge in [-0.15, -0.1) is 5.10 Å². The van der Waals surface area contributed by atoms with E-state index in [1.807, 2.05) is 78.9 Å². The number of aliphatic hydroxyl groups is 1. The first-order chi connectivity index (χ1) is 20.6. The van der Waals surface area contributed by atoms with Crippen LogP contribution in [-0.4, -0.2) is 37.2 Å². The average molecular weight is 580 g/mol. The molecule has 6 rings (SSSR count). The maximum atomic E-state index is 9.56. The van der Waals surface area contributed by atoms with Crippen molar-refractivity contribution in [1.82, 2.24) is 20.2 Å². The van der Waals surface area contributed by atoms with Gasteiger partial charge >= 0.3 is 0 Å². The lowest BCUT2D eigenvalue weighted by atomic mass is 9.91. The number of thioether (sulfide) groups is 1. The zero-order valence-electron chi connectivity index (χ0n) is 23.3. The first kappa shape index (κ1) is 28.3. The van der Waals surface area contributed by atoms with Crippen molar-refractivity contribution in [3.8, 4) is 16.8 Å². The molecule has 0 bridgehead atoms. The van der Waals surface area contributed by atoms with E-state index in [1.165, 1.54) is 0 Å². The van der Waals surface area contributed by atoms with E-state index >= 15 is 0 Å². The van der Waals surface area contributed by atoms with Crippen LogP contribution in [0, 0.1) is 5.92 Å². The van der Waals surface area contributed by atoms with Crippen molar-refractivity contribution in [3.63, 3.8) is 0 Å². The minimum absolute atomic E-state index is 0.000635. The molecule has 0 saturated carbocycles. The molecule has 1 aliphatic heterocycles. The van der Waals surface area contributed by atoms with Crippen LogP contribution in [0.1, 0.15) is 41.6 Å². The molecule has 9 heteroatoms. The predicted octanol–water partition coefficient (Wildman–Crippen LogP) is 5.86. The maximum Gasteiger partial charge on any atom is 0.214 e. The summed E-state index contributed by atoms with van der Waals surface area (Å²) in [4.78, 5) is 0. The molecule has 214 valence electrons. The fourth-order valence-electron chi connectivity index (χ4n) is 5.21. The Hall–Kier alpha value is -3.86. The number of tetrazole rings is 1. The summed E-state index contributed by atoms with van der Waals surface area (Å²) in [6, 6.07) is 34.4. The highest BCUT2D eigenvalue weighted by Gasteiger charge is 2.38. The standard InChI is InChI=1S/C33H33N5O3S/c1-22-30(21-42-33-35-36-37-38(33)29-11-3-2-4-12-29)40-32(41-31(22)25-15-13-23(20-39)14-16-25)28-10-6-9-27(18-28)26-8-5-7-24(17-26)19-34/h2-18,22,30-32,39H,19-21,34H2,1H3. The molecule has 0 spiro atoms. The van der Waals surface area contributed by atoms with Crippen LogP contribution in [0.3, 0.4) is 0 Å². The zero-order valence-corrected chi connectivity index (χ0v) is 24.1. The van der Waals surface area contributed by atoms with Gasteiger partial charge in [-0.3, -0.25) is 0 Å². The van der Waals surface area contributed by atoms with Gasteiger partial charge in [0.15, 0.2) is 6.29 Å². The Balaban J connectivity index is 1.29. The van der Waals surface area contributed by atoms with Crippen LogP contribution >= 0.6 is 11.8 Å². The quantitative estimate of drug-likeness (QED) is 0.209. The number of hydrogen-bond donors (Lipinski definition) is 2. The monoisotopic (exact) mass is 579 g/mol. The van der Waals surface area contributed by atoms with Gasteiger partial charge in [-0.25, -0.2) is 0 Å². The molecule has 1 fully saturated rings. The lowest BCUT2D eigenvalue weighted by Gasteiger charge is -2.41. The van der Waals surface area contributed by atoms with Crippen LogP contribution in [0.5, 0.6) is 0 Å². The minimum Gasteiger partial charge on any atom is -0.392 e. The molecule has 1 aliphatic rings. The third-order valence-electron chi connectivity index (χ3n) is 7.60. The summed E-state index contributed by atoms with van der Waals surface area (Å²) in [6.45, 7) is 2.64. The highest BCUT2D eigenvalue weighted by molar-refractivity contribution is 7.99. The van der Waals surface area contributed by atoms with E-state index < -0.39 is 6.29 Å². The number of para-hydroxylation sites is 1. The summed E-state index contributed by atoms with van der Waals surface area (Å²) >= 11 is 1.56. The first-order valence-corrected chi connectivity index (χ1v) is 15.0. The Kier molecular flexibility index (Phi) is 8.73. The van der Waals surface area contributed by atoms with Gasteiger partial charge in [-0.1, -0.05) is 97.5 Å². The van der Waals surface area contributed by atoms with Crippen molar-refractivity contribution in [1.29, 1.82) is 0 Å². The van der Waals surface area contributed by atoms with Gasteiger partial charge in [-0.05, 0) is 62.5 Å². The van der Waals surface area contributed by atoms with Crippen molar-refractivity contribution in [2.45, 2.75) is 43.7 Å². The molecule has 3 N–H and O–H groups in total. The number of aliphatic hydroxyl groups excluding tert-OH is 1.